The largest absolute Gasteiger partial charge is 0.445 e. The molecule has 1 rings (SSSR count). The van der Waals surface area contributed by atoms with E-state index in [2.05, 4.69) is 5.32 Å². The van der Waals surface area contributed by atoms with Crippen molar-refractivity contribution in [1.29, 1.82) is 0 Å². The molecule has 1 unspecified atom stereocenters. The second kappa shape index (κ2) is 7.45. The highest BCUT2D eigenvalue weighted by Gasteiger charge is 2.37. The Kier molecular flexibility index (Phi) is 6.18. The molecule has 0 spiro atoms. The lowest BCUT2D eigenvalue weighted by Crippen LogP contribution is -2.54. The predicted octanol–water partition coefficient (Wildman–Crippen LogP) is 3.16. The molecule has 0 aromatic heterocycles. The van der Waals surface area contributed by atoms with E-state index in [1.807, 2.05) is 51.1 Å². The Morgan fingerprint density at radius 3 is 2.27 bits per heavy atom. The third kappa shape index (κ3) is 5.90. The van der Waals surface area contributed by atoms with Crippen LogP contribution < -0.4 is 5.32 Å². The zero-order valence-electron chi connectivity index (χ0n) is 13.4. The number of hydrogen-bond donors (Lipinski definition) is 1. The Morgan fingerprint density at radius 2 is 1.77 bits per heavy atom. The molecule has 0 aliphatic carbocycles. The molecule has 0 aliphatic heterocycles. The van der Waals surface area contributed by atoms with Crippen molar-refractivity contribution in [1.82, 2.24) is 5.32 Å². The van der Waals surface area contributed by atoms with Gasteiger partial charge in [0.1, 0.15) is 0 Å². The van der Waals surface area contributed by atoms with E-state index in [9.17, 15) is 9.59 Å². The Labute approximate surface area is 136 Å². The van der Waals surface area contributed by atoms with Crippen molar-refractivity contribution in [2.75, 3.05) is 5.88 Å². The van der Waals surface area contributed by atoms with Crippen molar-refractivity contribution < 1.29 is 14.3 Å². The van der Waals surface area contributed by atoms with Crippen LogP contribution in [0.3, 0.4) is 0 Å². The molecule has 0 aliphatic rings. The number of carbonyl (C=O) groups is 2. The maximum Gasteiger partial charge on any atom is 0.331 e. The number of benzene rings is 1. The molecule has 22 heavy (non-hydrogen) atoms. The molecule has 0 saturated carbocycles. The molecule has 0 radical (unpaired) electrons. The molecule has 120 valence electrons. The zero-order valence-corrected chi connectivity index (χ0v) is 14.1. The first-order valence-electron chi connectivity index (χ1n) is 7.01. The van der Waals surface area contributed by atoms with Gasteiger partial charge >= 0.3 is 5.97 Å². The molecule has 0 saturated heterocycles. The van der Waals surface area contributed by atoms with Crippen molar-refractivity contribution in [3.63, 3.8) is 0 Å². The lowest BCUT2D eigenvalue weighted by molar-refractivity contribution is -0.160. The van der Waals surface area contributed by atoms with Crippen molar-refractivity contribution >= 4 is 29.6 Å². The van der Waals surface area contributed by atoms with Crippen molar-refractivity contribution in [3.8, 4) is 0 Å². The first kappa shape index (κ1) is 18.2. The second-order valence-corrected chi connectivity index (χ2v) is 6.50. The van der Waals surface area contributed by atoms with Gasteiger partial charge in [0.25, 0.3) is 5.91 Å². The summed E-state index contributed by atoms with van der Waals surface area (Å²) in [6.45, 7) is 7.03. The fourth-order valence-corrected chi connectivity index (χ4v) is 1.77. The van der Waals surface area contributed by atoms with E-state index in [1.54, 1.807) is 6.08 Å². The number of ether oxygens (including phenoxy) is 1. The van der Waals surface area contributed by atoms with Crippen LogP contribution in [0.2, 0.25) is 0 Å². The molecular formula is C17H22ClNO3. The molecule has 0 fully saturated rings. The summed E-state index contributed by atoms with van der Waals surface area (Å²) >= 11 is 5.83. The SMILES string of the molecule is CC(C)(C)NC(=O)C(C)(CCl)OC(=O)/C=C/c1ccccc1. The molecule has 1 aromatic rings. The van der Waals surface area contributed by atoms with Gasteiger partial charge in [-0.05, 0) is 39.3 Å². The van der Waals surface area contributed by atoms with Gasteiger partial charge in [-0.2, -0.15) is 0 Å². The average Bonchev–Trinajstić information content (AvgIpc) is 2.44. The number of alkyl halides is 1. The number of carbonyl (C=O) groups excluding carboxylic acids is 2. The number of amides is 1. The van der Waals surface area contributed by atoms with Crippen LogP contribution in [0.1, 0.15) is 33.3 Å². The summed E-state index contributed by atoms with van der Waals surface area (Å²) in [6, 6.07) is 9.33. The maximum absolute atomic E-state index is 12.2. The van der Waals surface area contributed by atoms with Gasteiger partial charge in [-0.25, -0.2) is 4.79 Å². The van der Waals surface area contributed by atoms with Crippen LogP contribution in [0.15, 0.2) is 36.4 Å². The number of hydrogen-bond acceptors (Lipinski definition) is 3. The van der Waals surface area contributed by atoms with Crippen molar-refractivity contribution in [3.05, 3.63) is 42.0 Å². The predicted molar refractivity (Wildman–Crippen MR) is 88.6 cm³/mol. The first-order valence-corrected chi connectivity index (χ1v) is 7.54. The first-order chi connectivity index (χ1) is 10.2. The van der Waals surface area contributed by atoms with E-state index in [1.165, 1.54) is 13.0 Å². The minimum absolute atomic E-state index is 0.125. The molecule has 1 amide bonds. The molecular weight excluding hydrogens is 302 g/mol. The third-order valence-corrected chi connectivity index (χ3v) is 3.27. The maximum atomic E-state index is 12.2. The number of rotatable bonds is 5. The molecule has 1 N–H and O–H groups in total. The highest BCUT2D eigenvalue weighted by atomic mass is 35.5. The van der Waals surface area contributed by atoms with Gasteiger partial charge in [-0.1, -0.05) is 30.3 Å². The van der Waals surface area contributed by atoms with Crippen LogP contribution in [0.25, 0.3) is 6.08 Å². The third-order valence-electron chi connectivity index (χ3n) is 2.76. The van der Waals surface area contributed by atoms with Crippen LogP contribution in [0, 0.1) is 0 Å². The Hall–Kier alpha value is -1.81. The summed E-state index contributed by atoms with van der Waals surface area (Å²) in [5.74, 6) is -1.16. The van der Waals surface area contributed by atoms with Crippen LogP contribution in [0.5, 0.6) is 0 Å². The molecule has 5 heteroatoms. The highest BCUT2D eigenvalue weighted by Crippen LogP contribution is 2.16. The van der Waals surface area contributed by atoms with Gasteiger partial charge in [-0.15, -0.1) is 11.6 Å². The molecule has 0 bridgehead atoms. The highest BCUT2D eigenvalue weighted by molar-refractivity contribution is 6.20. The van der Waals surface area contributed by atoms with Gasteiger partial charge < -0.3 is 10.1 Å². The van der Waals surface area contributed by atoms with Crippen molar-refractivity contribution in [2.24, 2.45) is 0 Å². The standard InChI is InChI=1S/C17H22ClNO3/c1-16(2,3)19-15(21)17(4,12-18)22-14(20)11-10-13-8-6-5-7-9-13/h5-11H,12H2,1-4H3,(H,19,21)/b11-10+. The average molecular weight is 324 g/mol. The van der Waals surface area contributed by atoms with Crippen LogP contribution in [-0.4, -0.2) is 28.9 Å². The zero-order chi connectivity index (χ0) is 16.8. The quantitative estimate of drug-likeness (QED) is 0.514. The number of nitrogens with one attached hydrogen (secondary N) is 1. The lowest BCUT2D eigenvalue weighted by atomic mass is 10.0. The Morgan fingerprint density at radius 1 is 1.18 bits per heavy atom. The van der Waals surface area contributed by atoms with Gasteiger partial charge in [0, 0.05) is 11.6 Å². The minimum atomic E-state index is -1.41. The summed E-state index contributed by atoms with van der Waals surface area (Å²) in [4.78, 5) is 24.1. The fraction of sp³-hybridized carbons (Fsp3) is 0.412. The second-order valence-electron chi connectivity index (χ2n) is 6.23. The topological polar surface area (TPSA) is 55.4 Å². The van der Waals surface area contributed by atoms with E-state index >= 15 is 0 Å². The van der Waals surface area contributed by atoms with Crippen LogP contribution in [0.4, 0.5) is 0 Å². The summed E-state index contributed by atoms with van der Waals surface area (Å²) in [7, 11) is 0. The van der Waals surface area contributed by atoms with Gasteiger partial charge in [0.15, 0.2) is 0 Å². The van der Waals surface area contributed by atoms with E-state index in [-0.39, 0.29) is 5.88 Å². The molecule has 4 nitrogen and oxygen atoms in total. The normalized spacial score (nSPS) is 14.4. The molecule has 0 heterocycles. The van der Waals surface area contributed by atoms with Crippen LogP contribution in [-0.2, 0) is 14.3 Å². The summed E-state index contributed by atoms with van der Waals surface area (Å²) < 4.78 is 5.25. The monoisotopic (exact) mass is 323 g/mol. The Balaban J connectivity index is 2.74. The van der Waals surface area contributed by atoms with E-state index in [4.69, 9.17) is 16.3 Å². The number of esters is 1. The summed E-state index contributed by atoms with van der Waals surface area (Å²) in [5, 5.41) is 2.77. The molecule has 1 atom stereocenters. The lowest BCUT2D eigenvalue weighted by Gasteiger charge is -2.30. The smallest absolute Gasteiger partial charge is 0.331 e. The van der Waals surface area contributed by atoms with E-state index in [0.717, 1.165) is 5.56 Å². The van der Waals surface area contributed by atoms with E-state index in [0.29, 0.717) is 0 Å². The minimum Gasteiger partial charge on any atom is -0.445 e. The van der Waals surface area contributed by atoms with Crippen LogP contribution >= 0.6 is 11.6 Å². The fourth-order valence-electron chi connectivity index (χ4n) is 1.59. The van der Waals surface area contributed by atoms with Gasteiger partial charge in [-0.3, -0.25) is 4.79 Å². The van der Waals surface area contributed by atoms with Crippen molar-refractivity contribution in [2.45, 2.75) is 38.8 Å². The van der Waals surface area contributed by atoms with Gasteiger partial charge in [0.2, 0.25) is 5.60 Å². The molecule has 1 aromatic carbocycles. The van der Waals surface area contributed by atoms with E-state index < -0.39 is 23.0 Å². The summed E-state index contributed by atoms with van der Waals surface area (Å²) in [5.41, 5.74) is -0.977. The number of halogens is 1. The van der Waals surface area contributed by atoms with Gasteiger partial charge in [0.05, 0.1) is 5.88 Å². The summed E-state index contributed by atoms with van der Waals surface area (Å²) in [6.07, 6.45) is 2.91. The Bertz CT molecular complexity index is 549.